The van der Waals surface area contributed by atoms with Crippen LogP contribution < -0.4 is 4.90 Å². The van der Waals surface area contributed by atoms with E-state index in [1.165, 1.54) is 5.56 Å². The zero-order valence-corrected chi connectivity index (χ0v) is 13.8. The second-order valence-electron chi connectivity index (χ2n) is 6.32. The maximum Gasteiger partial charge on any atom is 0.241 e. The number of amides is 1. The molecule has 24 heavy (non-hydrogen) atoms. The molecule has 0 N–H and O–H groups in total. The molecule has 2 aromatic rings. The second-order valence-corrected chi connectivity index (χ2v) is 6.32. The van der Waals surface area contributed by atoms with Gasteiger partial charge in [0.2, 0.25) is 5.91 Å². The Morgan fingerprint density at radius 3 is 3.04 bits per heavy atom. The lowest BCUT2D eigenvalue weighted by Crippen LogP contribution is -2.45. The first-order valence-corrected chi connectivity index (χ1v) is 8.28. The number of benzene rings is 1. The number of para-hydroxylation sites is 1. The number of hydrogen-bond donors (Lipinski definition) is 0. The number of nitrogens with zero attached hydrogens (tertiary/aromatic N) is 5. The van der Waals surface area contributed by atoms with Gasteiger partial charge in [-0.25, -0.2) is 0 Å². The van der Waals surface area contributed by atoms with Crippen molar-refractivity contribution in [1.29, 1.82) is 0 Å². The van der Waals surface area contributed by atoms with Gasteiger partial charge >= 0.3 is 0 Å². The Bertz CT molecular complexity index is 744. The Kier molecular flexibility index (Phi) is 4.03. The molecule has 7 nitrogen and oxygen atoms in total. The van der Waals surface area contributed by atoms with Crippen molar-refractivity contribution in [2.75, 3.05) is 37.7 Å². The van der Waals surface area contributed by atoms with Crippen LogP contribution in [0.5, 0.6) is 0 Å². The van der Waals surface area contributed by atoms with E-state index in [2.05, 4.69) is 21.2 Å². The van der Waals surface area contributed by atoms with Gasteiger partial charge in [0, 0.05) is 32.4 Å². The molecule has 1 amide bonds. The molecule has 2 aliphatic rings. The molecule has 7 heteroatoms. The molecule has 1 fully saturated rings. The molecule has 0 spiro atoms. The summed E-state index contributed by atoms with van der Waals surface area (Å²) in [5.41, 5.74) is 2.31. The van der Waals surface area contributed by atoms with Crippen LogP contribution in [0.1, 0.15) is 17.5 Å². The van der Waals surface area contributed by atoms with Crippen LogP contribution in [0, 0.1) is 0 Å². The summed E-state index contributed by atoms with van der Waals surface area (Å²) in [6, 6.07) is 8.15. The molecule has 1 saturated heterocycles. The van der Waals surface area contributed by atoms with Gasteiger partial charge in [0.15, 0.2) is 5.82 Å². The van der Waals surface area contributed by atoms with Crippen LogP contribution in [0.15, 0.2) is 30.6 Å². The molecule has 0 radical (unpaired) electrons. The molecule has 126 valence electrons. The average molecular weight is 327 g/mol. The lowest BCUT2D eigenvalue weighted by atomic mass is 10.2. The highest BCUT2D eigenvalue weighted by Gasteiger charge is 2.30. The lowest BCUT2D eigenvalue weighted by Gasteiger charge is -2.32. The molecule has 1 aromatic carbocycles. The molecule has 0 unspecified atom stereocenters. The summed E-state index contributed by atoms with van der Waals surface area (Å²) < 4.78 is 7.67. The van der Waals surface area contributed by atoms with Gasteiger partial charge in [0.05, 0.1) is 13.2 Å². The average Bonchev–Trinajstić information content (AvgIpc) is 3.21. The number of aryl methyl sites for hydroxylation is 1. The van der Waals surface area contributed by atoms with Crippen molar-refractivity contribution in [1.82, 2.24) is 19.7 Å². The van der Waals surface area contributed by atoms with Gasteiger partial charge in [-0.15, -0.1) is 10.2 Å². The maximum absolute atomic E-state index is 12.7. The third kappa shape index (κ3) is 2.81. The topological polar surface area (TPSA) is 63.5 Å². The normalized spacial score (nSPS) is 21.0. The van der Waals surface area contributed by atoms with E-state index < -0.39 is 0 Å². The molecule has 4 rings (SSSR count). The first-order chi connectivity index (χ1) is 11.7. The third-order valence-corrected chi connectivity index (χ3v) is 4.73. The number of ether oxygens (including phenoxy) is 1. The standard InChI is InChI=1S/C17H21N5O2/c1-20-12-18-19-17(20)15-10-21(8-9-24-15)11-16(23)22-7-6-13-4-2-3-5-14(13)22/h2-5,12,15H,6-11H2,1H3/t15-/m0/s1. The van der Waals surface area contributed by atoms with Crippen molar-refractivity contribution >= 4 is 11.6 Å². The molecule has 2 aliphatic heterocycles. The fraction of sp³-hybridized carbons (Fsp3) is 0.471. The minimum Gasteiger partial charge on any atom is -0.368 e. The highest BCUT2D eigenvalue weighted by atomic mass is 16.5. The summed E-state index contributed by atoms with van der Waals surface area (Å²) in [6.07, 6.45) is 2.47. The summed E-state index contributed by atoms with van der Waals surface area (Å²) in [5, 5.41) is 8.04. The number of hydrogen-bond acceptors (Lipinski definition) is 5. The first kappa shape index (κ1) is 15.3. The smallest absolute Gasteiger partial charge is 0.241 e. The van der Waals surface area contributed by atoms with Gasteiger partial charge in [-0.3, -0.25) is 9.69 Å². The Morgan fingerprint density at radius 1 is 1.33 bits per heavy atom. The highest BCUT2D eigenvalue weighted by Crippen LogP contribution is 2.28. The predicted octanol–water partition coefficient (Wildman–Crippen LogP) is 0.778. The van der Waals surface area contributed by atoms with E-state index in [9.17, 15) is 4.79 Å². The summed E-state index contributed by atoms with van der Waals surface area (Å²) in [7, 11) is 1.91. The Hall–Kier alpha value is -2.25. The molecule has 1 aromatic heterocycles. The van der Waals surface area contributed by atoms with Crippen LogP contribution in [0.25, 0.3) is 0 Å². The largest absolute Gasteiger partial charge is 0.368 e. The minimum atomic E-state index is -0.134. The predicted molar refractivity (Wildman–Crippen MR) is 88.6 cm³/mol. The fourth-order valence-corrected chi connectivity index (χ4v) is 3.46. The molecule has 1 atom stereocenters. The van der Waals surface area contributed by atoms with Gasteiger partial charge < -0.3 is 14.2 Å². The van der Waals surface area contributed by atoms with Crippen molar-refractivity contribution in [2.24, 2.45) is 7.05 Å². The second kappa shape index (κ2) is 6.33. The van der Waals surface area contributed by atoms with Gasteiger partial charge in [0.25, 0.3) is 0 Å². The number of carbonyl (C=O) groups is 1. The van der Waals surface area contributed by atoms with Gasteiger partial charge in [0.1, 0.15) is 12.4 Å². The summed E-state index contributed by atoms with van der Waals surface area (Å²) in [6.45, 7) is 3.20. The Labute approximate surface area is 140 Å². The molecule has 0 bridgehead atoms. The van der Waals surface area contributed by atoms with Crippen LogP contribution in [-0.2, 0) is 23.0 Å². The fourth-order valence-electron chi connectivity index (χ4n) is 3.46. The highest BCUT2D eigenvalue weighted by molar-refractivity contribution is 5.96. The SMILES string of the molecule is Cn1cnnc1[C@@H]1CN(CC(=O)N2CCc3ccccc32)CCO1. The molecule has 0 saturated carbocycles. The van der Waals surface area contributed by atoms with Crippen molar-refractivity contribution in [3.63, 3.8) is 0 Å². The zero-order valence-electron chi connectivity index (χ0n) is 13.8. The first-order valence-electron chi connectivity index (χ1n) is 8.28. The Balaban J connectivity index is 1.42. The summed E-state index contributed by atoms with van der Waals surface area (Å²) >= 11 is 0. The van der Waals surface area contributed by atoms with E-state index in [0.29, 0.717) is 19.7 Å². The number of anilines is 1. The van der Waals surface area contributed by atoms with E-state index in [1.807, 2.05) is 34.7 Å². The quantitative estimate of drug-likeness (QED) is 0.833. The van der Waals surface area contributed by atoms with E-state index in [0.717, 1.165) is 31.0 Å². The van der Waals surface area contributed by atoms with Crippen molar-refractivity contribution < 1.29 is 9.53 Å². The van der Waals surface area contributed by atoms with Gasteiger partial charge in [-0.1, -0.05) is 18.2 Å². The van der Waals surface area contributed by atoms with Crippen molar-refractivity contribution in [3.05, 3.63) is 42.0 Å². The molecular formula is C17H21N5O2. The van der Waals surface area contributed by atoms with Crippen LogP contribution in [0.3, 0.4) is 0 Å². The number of carbonyl (C=O) groups excluding carboxylic acids is 1. The number of aromatic nitrogens is 3. The number of rotatable bonds is 3. The molecular weight excluding hydrogens is 306 g/mol. The van der Waals surface area contributed by atoms with Crippen LogP contribution in [-0.4, -0.2) is 58.4 Å². The lowest BCUT2D eigenvalue weighted by molar-refractivity contribution is -0.121. The summed E-state index contributed by atoms with van der Waals surface area (Å²) in [5.74, 6) is 0.956. The van der Waals surface area contributed by atoms with Crippen LogP contribution in [0.2, 0.25) is 0 Å². The third-order valence-electron chi connectivity index (χ3n) is 4.73. The van der Waals surface area contributed by atoms with Gasteiger partial charge in [-0.05, 0) is 18.1 Å². The number of fused-ring (bicyclic) bond motifs is 1. The monoisotopic (exact) mass is 327 g/mol. The van der Waals surface area contributed by atoms with E-state index in [4.69, 9.17) is 4.74 Å². The molecule has 0 aliphatic carbocycles. The number of morpholine rings is 1. The van der Waals surface area contributed by atoms with E-state index in [-0.39, 0.29) is 12.0 Å². The van der Waals surface area contributed by atoms with Crippen molar-refractivity contribution in [3.8, 4) is 0 Å². The van der Waals surface area contributed by atoms with Crippen molar-refractivity contribution in [2.45, 2.75) is 12.5 Å². The summed E-state index contributed by atoms with van der Waals surface area (Å²) in [4.78, 5) is 16.8. The minimum absolute atomic E-state index is 0.134. The maximum atomic E-state index is 12.7. The van der Waals surface area contributed by atoms with E-state index in [1.54, 1.807) is 6.33 Å². The Morgan fingerprint density at radius 2 is 2.21 bits per heavy atom. The van der Waals surface area contributed by atoms with Crippen LogP contribution >= 0.6 is 0 Å². The van der Waals surface area contributed by atoms with E-state index >= 15 is 0 Å². The zero-order chi connectivity index (χ0) is 16.5. The molecule has 3 heterocycles. The van der Waals surface area contributed by atoms with Crippen LogP contribution in [0.4, 0.5) is 5.69 Å². The van der Waals surface area contributed by atoms with Gasteiger partial charge in [-0.2, -0.15) is 0 Å².